The number of hydrogen-bond donors (Lipinski definition) is 3. The molecule has 0 bridgehead atoms. The molecule has 7 nitrogen and oxygen atoms in total. The van der Waals surface area contributed by atoms with Gasteiger partial charge < -0.3 is 20.5 Å². The maximum atomic E-state index is 12.9. The van der Waals surface area contributed by atoms with E-state index in [-0.39, 0.29) is 49.0 Å². The average Bonchev–Trinajstić information content (AvgIpc) is 3.13. The highest BCUT2D eigenvalue weighted by Crippen LogP contribution is 2.18. The molecule has 2 rings (SSSR count). The first-order valence-corrected chi connectivity index (χ1v) is 9.17. The van der Waals surface area contributed by atoms with E-state index in [4.69, 9.17) is 4.74 Å². The Kier molecular flexibility index (Phi) is 10.9. The van der Waals surface area contributed by atoms with E-state index in [9.17, 15) is 13.9 Å². The van der Waals surface area contributed by atoms with Crippen LogP contribution >= 0.6 is 24.0 Å². The van der Waals surface area contributed by atoms with Crippen LogP contribution in [0.15, 0.2) is 41.7 Å². The van der Waals surface area contributed by atoms with Crippen LogP contribution in [0, 0.1) is 0 Å². The van der Waals surface area contributed by atoms with E-state index in [1.165, 1.54) is 12.4 Å². The van der Waals surface area contributed by atoms with Crippen LogP contribution in [0.5, 0.6) is 5.75 Å². The van der Waals surface area contributed by atoms with Crippen LogP contribution in [0.25, 0.3) is 0 Å². The lowest BCUT2D eigenvalue weighted by atomic mass is 10.1. The first-order valence-electron chi connectivity index (χ1n) is 9.17. The molecule has 2 aromatic rings. The summed E-state index contributed by atoms with van der Waals surface area (Å²) in [6.07, 6.45) is 1.84. The maximum Gasteiger partial charge on any atom is 0.319 e. The summed E-state index contributed by atoms with van der Waals surface area (Å²) >= 11 is 0. The Morgan fingerprint density at radius 1 is 1.24 bits per heavy atom. The molecule has 0 radical (unpaired) electrons. The van der Waals surface area contributed by atoms with E-state index < -0.39 is 12.7 Å². The Bertz CT molecular complexity index is 753. The van der Waals surface area contributed by atoms with Crippen LogP contribution in [-0.4, -0.2) is 39.8 Å². The van der Waals surface area contributed by atoms with E-state index in [0.29, 0.717) is 12.5 Å². The van der Waals surface area contributed by atoms with Gasteiger partial charge in [-0.3, -0.25) is 4.57 Å². The standard InChI is InChI=1S/C19H27F2N5O2.HI/c1-4-22-19(25-12-17-23-9-10-26(17)18(20)21)24-11-16(27)14-5-7-15(8-6-14)28-13(2)3;/h5-10,13,16,18,27H,4,11-12H2,1-3H3,(H2,22,24,25);1H. The van der Waals surface area contributed by atoms with Crippen molar-refractivity contribution in [2.75, 3.05) is 13.1 Å². The SMILES string of the molecule is CCNC(=NCc1nccn1C(F)F)NCC(O)c1ccc(OC(C)C)cc1.I. The Morgan fingerprint density at radius 2 is 1.93 bits per heavy atom. The van der Waals surface area contributed by atoms with Crippen molar-refractivity contribution in [3.63, 3.8) is 0 Å². The number of guanidine groups is 1. The zero-order valence-corrected chi connectivity index (χ0v) is 19.0. The van der Waals surface area contributed by atoms with Gasteiger partial charge in [-0.25, -0.2) is 9.98 Å². The van der Waals surface area contributed by atoms with Crippen molar-refractivity contribution in [1.29, 1.82) is 0 Å². The van der Waals surface area contributed by atoms with E-state index >= 15 is 0 Å². The number of alkyl halides is 2. The number of aliphatic imine (C=N–C) groups is 1. The van der Waals surface area contributed by atoms with Gasteiger partial charge in [-0.2, -0.15) is 8.78 Å². The molecule has 1 aromatic heterocycles. The summed E-state index contributed by atoms with van der Waals surface area (Å²) in [5.41, 5.74) is 0.729. The first-order chi connectivity index (χ1) is 13.4. The monoisotopic (exact) mass is 523 g/mol. The molecule has 0 amide bonds. The number of imidazole rings is 1. The van der Waals surface area contributed by atoms with Crippen LogP contribution in [0.1, 0.15) is 44.8 Å². The lowest BCUT2D eigenvalue weighted by Gasteiger charge is -2.16. The molecule has 1 heterocycles. The van der Waals surface area contributed by atoms with Crippen LogP contribution < -0.4 is 15.4 Å². The fraction of sp³-hybridized carbons (Fsp3) is 0.474. The maximum absolute atomic E-state index is 12.9. The number of ether oxygens (including phenoxy) is 1. The van der Waals surface area contributed by atoms with Gasteiger partial charge in [0, 0.05) is 25.5 Å². The lowest BCUT2D eigenvalue weighted by Crippen LogP contribution is -2.39. The summed E-state index contributed by atoms with van der Waals surface area (Å²) in [4.78, 5) is 8.16. The second-order valence-corrected chi connectivity index (χ2v) is 6.36. The number of aliphatic hydroxyl groups is 1. The van der Waals surface area contributed by atoms with Gasteiger partial charge in [-0.1, -0.05) is 12.1 Å². The molecule has 0 saturated heterocycles. The number of rotatable bonds is 9. The van der Waals surface area contributed by atoms with Gasteiger partial charge in [-0.05, 0) is 38.5 Å². The fourth-order valence-corrected chi connectivity index (χ4v) is 2.49. The number of nitrogens with one attached hydrogen (secondary N) is 2. The number of aliphatic hydroxyl groups excluding tert-OH is 1. The number of nitrogens with zero attached hydrogens (tertiary/aromatic N) is 3. The largest absolute Gasteiger partial charge is 0.491 e. The molecular weight excluding hydrogens is 495 g/mol. The fourth-order valence-electron chi connectivity index (χ4n) is 2.49. The van der Waals surface area contributed by atoms with Crippen LogP contribution in [0.2, 0.25) is 0 Å². The summed E-state index contributed by atoms with van der Waals surface area (Å²) in [5.74, 6) is 1.31. The molecule has 1 unspecified atom stereocenters. The van der Waals surface area contributed by atoms with E-state index in [1.807, 2.05) is 32.9 Å². The number of benzene rings is 1. The van der Waals surface area contributed by atoms with Crippen LogP contribution in [0.4, 0.5) is 8.78 Å². The molecule has 0 fully saturated rings. The minimum absolute atomic E-state index is 0. The molecule has 1 atom stereocenters. The highest BCUT2D eigenvalue weighted by Gasteiger charge is 2.12. The van der Waals surface area contributed by atoms with Crippen molar-refractivity contribution in [3.8, 4) is 5.75 Å². The molecular formula is C19H28F2IN5O2. The minimum Gasteiger partial charge on any atom is -0.491 e. The Labute approximate surface area is 186 Å². The average molecular weight is 523 g/mol. The van der Waals surface area contributed by atoms with Crippen molar-refractivity contribution < 1.29 is 18.6 Å². The third-order valence-corrected chi connectivity index (χ3v) is 3.78. The summed E-state index contributed by atoms with van der Waals surface area (Å²) in [5, 5.41) is 16.4. The van der Waals surface area contributed by atoms with Crippen molar-refractivity contribution in [3.05, 3.63) is 48.0 Å². The van der Waals surface area contributed by atoms with Crippen LogP contribution in [-0.2, 0) is 6.54 Å². The van der Waals surface area contributed by atoms with Crippen LogP contribution in [0.3, 0.4) is 0 Å². The summed E-state index contributed by atoms with van der Waals surface area (Å²) in [6, 6.07) is 7.21. The topological polar surface area (TPSA) is 83.7 Å². The van der Waals surface area contributed by atoms with Crippen molar-refractivity contribution in [2.24, 2.45) is 4.99 Å². The predicted octanol–water partition coefficient (Wildman–Crippen LogP) is 3.47. The highest BCUT2D eigenvalue weighted by molar-refractivity contribution is 14.0. The summed E-state index contributed by atoms with van der Waals surface area (Å²) < 4.78 is 32.1. The third kappa shape index (κ3) is 8.13. The van der Waals surface area contributed by atoms with Crippen molar-refractivity contribution in [1.82, 2.24) is 20.2 Å². The minimum atomic E-state index is -2.66. The summed E-state index contributed by atoms with van der Waals surface area (Å²) in [7, 11) is 0. The van der Waals surface area contributed by atoms with Gasteiger partial charge in [0.25, 0.3) is 0 Å². The zero-order chi connectivity index (χ0) is 20.5. The molecule has 1 aromatic carbocycles. The first kappa shape index (κ1) is 25.1. The van der Waals surface area contributed by atoms with Crippen molar-refractivity contribution in [2.45, 2.75) is 46.1 Å². The third-order valence-electron chi connectivity index (χ3n) is 3.78. The Balaban J connectivity index is 0.00000420. The second kappa shape index (κ2) is 12.6. The molecule has 3 N–H and O–H groups in total. The smallest absolute Gasteiger partial charge is 0.319 e. The van der Waals surface area contributed by atoms with Gasteiger partial charge in [0.2, 0.25) is 0 Å². The van der Waals surface area contributed by atoms with Gasteiger partial charge >= 0.3 is 6.55 Å². The molecule has 0 aliphatic heterocycles. The van der Waals surface area contributed by atoms with Gasteiger partial charge in [-0.15, -0.1) is 24.0 Å². The normalized spacial score (nSPS) is 12.6. The Morgan fingerprint density at radius 3 is 2.52 bits per heavy atom. The van der Waals surface area contributed by atoms with Gasteiger partial charge in [0.05, 0.1) is 12.2 Å². The van der Waals surface area contributed by atoms with Gasteiger partial charge in [0.15, 0.2) is 5.96 Å². The highest BCUT2D eigenvalue weighted by atomic mass is 127. The molecule has 29 heavy (non-hydrogen) atoms. The molecule has 0 aliphatic carbocycles. The van der Waals surface area contributed by atoms with Crippen molar-refractivity contribution >= 4 is 29.9 Å². The number of halogens is 3. The molecule has 0 saturated carbocycles. The zero-order valence-electron chi connectivity index (χ0n) is 16.7. The second-order valence-electron chi connectivity index (χ2n) is 6.36. The van der Waals surface area contributed by atoms with E-state index in [1.54, 1.807) is 12.1 Å². The molecule has 10 heteroatoms. The number of aromatic nitrogens is 2. The molecule has 162 valence electrons. The summed E-state index contributed by atoms with van der Waals surface area (Å²) in [6.45, 7) is 3.91. The quantitative estimate of drug-likeness (QED) is 0.267. The number of hydrogen-bond acceptors (Lipinski definition) is 4. The molecule has 0 spiro atoms. The van der Waals surface area contributed by atoms with Gasteiger partial charge in [0.1, 0.15) is 18.1 Å². The van der Waals surface area contributed by atoms with E-state index in [0.717, 1.165) is 15.9 Å². The Hall–Kier alpha value is -1.95. The molecule has 0 aliphatic rings. The van der Waals surface area contributed by atoms with E-state index in [2.05, 4.69) is 20.6 Å². The lowest BCUT2D eigenvalue weighted by molar-refractivity contribution is 0.0671. The predicted molar refractivity (Wildman–Crippen MR) is 119 cm³/mol.